The van der Waals surface area contributed by atoms with Crippen molar-refractivity contribution in [3.05, 3.63) is 59.0 Å². The summed E-state index contributed by atoms with van der Waals surface area (Å²) in [6, 6.07) is 9.76. The Hall–Kier alpha value is -2.13. The van der Waals surface area contributed by atoms with E-state index >= 15 is 0 Å². The van der Waals surface area contributed by atoms with Crippen molar-refractivity contribution in [2.45, 2.75) is 6.92 Å². The first kappa shape index (κ1) is 12.9. The molecule has 1 N–H and O–H groups in total. The van der Waals surface area contributed by atoms with E-state index in [2.05, 4.69) is 4.98 Å². The summed E-state index contributed by atoms with van der Waals surface area (Å²) in [7, 11) is 0. The number of phenolic OH excluding ortho intramolecular Hbond substituents is 1. The molecule has 3 rings (SSSR count). The number of aryl methyl sites for hydroxylation is 1. The van der Waals surface area contributed by atoms with Crippen LogP contribution in [-0.2, 0) is 0 Å². The summed E-state index contributed by atoms with van der Waals surface area (Å²) < 4.78 is 13.5. The van der Waals surface area contributed by atoms with Gasteiger partial charge in [0.15, 0.2) is 0 Å². The molecule has 0 amide bonds. The van der Waals surface area contributed by atoms with Gasteiger partial charge in [-0.2, -0.15) is 0 Å². The number of hydrogen-bond acceptors (Lipinski definition) is 2. The lowest BCUT2D eigenvalue weighted by atomic mass is 10.0. The standard InChI is InChI=1S/C16H11ClFNO/c1-9-5-10(7-11(18)6-9)13-8-14(17)12-3-2-4-19-15(12)16(13)20/h2-8,20H,1H3. The van der Waals surface area contributed by atoms with Gasteiger partial charge in [-0.1, -0.05) is 17.7 Å². The highest BCUT2D eigenvalue weighted by atomic mass is 35.5. The molecule has 0 saturated heterocycles. The minimum atomic E-state index is -0.350. The molecule has 0 spiro atoms. The van der Waals surface area contributed by atoms with Crippen LogP contribution in [0, 0.1) is 12.7 Å². The average Bonchev–Trinajstić information content (AvgIpc) is 2.42. The maximum atomic E-state index is 13.5. The molecule has 1 heterocycles. The topological polar surface area (TPSA) is 33.1 Å². The summed E-state index contributed by atoms with van der Waals surface area (Å²) in [4.78, 5) is 4.14. The largest absolute Gasteiger partial charge is 0.505 e. The number of benzene rings is 2. The normalized spacial score (nSPS) is 10.9. The fourth-order valence-electron chi connectivity index (χ4n) is 2.30. The lowest BCUT2D eigenvalue weighted by molar-refractivity contribution is 0.482. The van der Waals surface area contributed by atoms with Crippen LogP contribution in [0.5, 0.6) is 5.75 Å². The minimum Gasteiger partial charge on any atom is -0.505 e. The molecular formula is C16H11ClFNO. The van der Waals surface area contributed by atoms with Crippen LogP contribution in [-0.4, -0.2) is 10.1 Å². The Bertz CT molecular complexity index is 797. The fourth-order valence-corrected chi connectivity index (χ4v) is 2.56. The van der Waals surface area contributed by atoms with E-state index in [9.17, 15) is 9.50 Å². The van der Waals surface area contributed by atoms with Crippen molar-refractivity contribution >= 4 is 22.5 Å². The lowest BCUT2D eigenvalue weighted by Gasteiger charge is -2.10. The molecule has 0 atom stereocenters. The Balaban J connectivity index is 2.34. The van der Waals surface area contributed by atoms with E-state index in [4.69, 9.17) is 11.6 Å². The highest BCUT2D eigenvalue weighted by molar-refractivity contribution is 6.36. The molecule has 0 radical (unpaired) electrons. The van der Waals surface area contributed by atoms with Gasteiger partial charge in [0.25, 0.3) is 0 Å². The van der Waals surface area contributed by atoms with Gasteiger partial charge in [0.1, 0.15) is 17.1 Å². The summed E-state index contributed by atoms with van der Waals surface area (Å²) in [6.07, 6.45) is 1.58. The number of aromatic nitrogens is 1. The van der Waals surface area contributed by atoms with Crippen LogP contribution in [0.1, 0.15) is 5.56 Å². The van der Waals surface area contributed by atoms with Crippen molar-refractivity contribution in [1.82, 2.24) is 4.98 Å². The van der Waals surface area contributed by atoms with E-state index in [0.29, 0.717) is 27.1 Å². The van der Waals surface area contributed by atoms with Crippen LogP contribution < -0.4 is 0 Å². The molecule has 0 aliphatic heterocycles. The van der Waals surface area contributed by atoms with Crippen LogP contribution in [0.15, 0.2) is 42.6 Å². The Morgan fingerprint density at radius 1 is 1.20 bits per heavy atom. The summed E-state index contributed by atoms with van der Waals surface area (Å²) in [5.74, 6) is -0.341. The number of halogens is 2. The van der Waals surface area contributed by atoms with Gasteiger partial charge in [0.2, 0.25) is 0 Å². The van der Waals surface area contributed by atoms with E-state index in [1.54, 1.807) is 37.4 Å². The van der Waals surface area contributed by atoms with Gasteiger partial charge in [-0.15, -0.1) is 0 Å². The van der Waals surface area contributed by atoms with Crippen molar-refractivity contribution in [2.24, 2.45) is 0 Å². The fraction of sp³-hybridized carbons (Fsp3) is 0.0625. The number of rotatable bonds is 1. The summed E-state index contributed by atoms with van der Waals surface area (Å²) in [6.45, 7) is 1.80. The third-order valence-electron chi connectivity index (χ3n) is 3.17. The molecule has 2 aromatic carbocycles. The quantitative estimate of drug-likeness (QED) is 0.703. The molecule has 0 saturated carbocycles. The number of fused-ring (bicyclic) bond motifs is 1. The van der Waals surface area contributed by atoms with Crippen LogP contribution in [0.3, 0.4) is 0 Å². The first-order valence-corrected chi connectivity index (χ1v) is 6.48. The summed E-state index contributed by atoms with van der Waals surface area (Å²) in [5, 5.41) is 11.5. The van der Waals surface area contributed by atoms with Crippen molar-refractivity contribution in [3.63, 3.8) is 0 Å². The van der Waals surface area contributed by atoms with Crippen molar-refractivity contribution in [2.75, 3.05) is 0 Å². The van der Waals surface area contributed by atoms with Crippen LogP contribution in [0.2, 0.25) is 5.02 Å². The summed E-state index contributed by atoms with van der Waals surface area (Å²) >= 11 is 6.22. The van der Waals surface area contributed by atoms with Gasteiger partial charge in [-0.05, 0) is 48.4 Å². The third kappa shape index (κ3) is 2.10. The zero-order valence-electron chi connectivity index (χ0n) is 10.7. The molecule has 2 nitrogen and oxygen atoms in total. The zero-order chi connectivity index (χ0) is 14.3. The maximum absolute atomic E-state index is 13.5. The minimum absolute atomic E-state index is 0.00926. The van der Waals surface area contributed by atoms with E-state index in [0.717, 1.165) is 5.56 Å². The van der Waals surface area contributed by atoms with E-state index < -0.39 is 0 Å². The first-order chi connectivity index (χ1) is 9.56. The Morgan fingerprint density at radius 3 is 2.75 bits per heavy atom. The monoisotopic (exact) mass is 287 g/mol. The van der Waals surface area contributed by atoms with Crippen LogP contribution >= 0.6 is 11.6 Å². The Kier molecular flexibility index (Phi) is 3.07. The molecule has 0 unspecified atom stereocenters. The van der Waals surface area contributed by atoms with Gasteiger partial charge in [0.05, 0.1) is 5.02 Å². The summed E-state index contributed by atoms with van der Waals surface area (Å²) in [5.41, 5.74) is 2.24. The first-order valence-electron chi connectivity index (χ1n) is 6.10. The second-order valence-corrected chi connectivity index (χ2v) is 5.08. The predicted molar refractivity (Wildman–Crippen MR) is 78.5 cm³/mol. The number of pyridine rings is 1. The molecule has 0 aliphatic rings. The van der Waals surface area contributed by atoms with E-state index in [1.807, 2.05) is 0 Å². The molecule has 20 heavy (non-hydrogen) atoms. The highest BCUT2D eigenvalue weighted by Gasteiger charge is 2.13. The predicted octanol–water partition coefficient (Wildman–Crippen LogP) is 4.71. The van der Waals surface area contributed by atoms with Crippen molar-refractivity contribution in [1.29, 1.82) is 0 Å². The van der Waals surface area contributed by atoms with Crippen molar-refractivity contribution < 1.29 is 9.50 Å². The van der Waals surface area contributed by atoms with Crippen molar-refractivity contribution in [3.8, 4) is 16.9 Å². The molecule has 1 aromatic heterocycles. The SMILES string of the molecule is Cc1cc(F)cc(-c2cc(Cl)c3cccnc3c2O)c1. The third-order valence-corrected chi connectivity index (χ3v) is 3.48. The molecule has 0 bridgehead atoms. The van der Waals surface area contributed by atoms with Gasteiger partial charge in [0, 0.05) is 17.1 Å². The smallest absolute Gasteiger partial charge is 0.149 e. The average molecular weight is 288 g/mol. The van der Waals surface area contributed by atoms with Gasteiger partial charge >= 0.3 is 0 Å². The van der Waals surface area contributed by atoms with E-state index in [-0.39, 0.29) is 11.6 Å². The highest BCUT2D eigenvalue weighted by Crippen LogP contribution is 2.39. The molecule has 3 aromatic rings. The number of phenols is 1. The molecule has 100 valence electrons. The van der Waals surface area contributed by atoms with Crippen LogP contribution in [0.25, 0.3) is 22.0 Å². The molecule has 0 fully saturated rings. The molecular weight excluding hydrogens is 277 g/mol. The second kappa shape index (κ2) is 4.76. The maximum Gasteiger partial charge on any atom is 0.149 e. The van der Waals surface area contributed by atoms with Crippen LogP contribution in [0.4, 0.5) is 4.39 Å². The number of aromatic hydroxyl groups is 1. The van der Waals surface area contributed by atoms with Gasteiger partial charge in [-0.25, -0.2) is 4.39 Å². The molecule has 0 aliphatic carbocycles. The lowest BCUT2D eigenvalue weighted by Crippen LogP contribution is -1.88. The van der Waals surface area contributed by atoms with Gasteiger partial charge < -0.3 is 5.11 Å². The molecule has 4 heteroatoms. The Morgan fingerprint density at radius 2 is 2.00 bits per heavy atom. The van der Waals surface area contributed by atoms with E-state index in [1.165, 1.54) is 12.1 Å². The second-order valence-electron chi connectivity index (χ2n) is 4.67. The zero-order valence-corrected chi connectivity index (χ0v) is 11.4. The Labute approximate surface area is 120 Å². The van der Waals surface area contributed by atoms with Gasteiger partial charge in [-0.3, -0.25) is 4.98 Å². The number of hydrogen-bond donors (Lipinski definition) is 1. The number of nitrogens with zero attached hydrogens (tertiary/aromatic N) is 1.